The predicted molar refractivity (Wildman–Crippen MR) is 135 cm³/mol. The molecule has 0 aliphatic carbocycles. The van der Waals surface area contributed by atoms with Crippen LogP contribution in [0.25, 0.3) is 11.0 Å². The van der Waals surface area contributed by atoms with Gasteiger partial charge < -0.3 is 19.4 Å². The highest BCUT2D eigenvalue weighted by molar-refractivity contribution is 5.78. The van der Waals surface area contributed by atoms with E-state index in [-0.39, 0.29) is 5.91 Å². The number of hydrogen-bond donors (Lipinski definition) is 1. The number of hydrogen-bond acceptors (Lipinski definition) is 4. The molecule has 1 N–H and O–H groups in total. The Hall–Kier alpha value is -3.80. The molecule has 0 spiro atoms. The second kappa shape index (κ2) is 10.9. The highest BCUT2D eigenvalue weighted by atomic mass is 16.5. The number of ether oxygens (including phenoxy) is 2. The summed E-state index contributed by atoms with van der Waals surface area (Å²) in [5, 5.41) is 3.02. The normalized spacial score (nSPS) is 10.9. The van der Waals surface area contributed by atoms with Crippen LogP contribution in [0.4, 0.5) is 0 Å². The van der Waals surface area contributed by atoms with Gasteiger partial charge in [-0.2, -0.15) is 0 Å². The minimum atomic E-state index is -0.00842. The molecule has 0 fully saturated rings. The number of aromatic nitrogens is 2. The Balaban J connectivity index is 1.36. The Labute approximate surface area is 200 Å². The summed E-state index contributed by atoms with van der Waals surface area (Å²) in [6, 6.07) is 21.8. The molecule has 0 bridgehead atoms. The van der Waals surface area contributed by atoms with Crippen LogP contribution in [-0.2, 0) is 24.2 Å². The monoisotopic (exact) mass is 457 g/mol. The Kier molecular flexibility index (Phi) is 7.48. The number of amides is 1. The van der Waals surface area contributed by atoms with E-state index in [1.807, 2.05) is 48.5 Å². The van der Waals surface area contributed by atoms with Gasteiger partial charge in [0, 0.05) is 13.0 Å². The summed E-state index contributed by atoms with van der Waals surface area (Å²) in [4.78, 5) is 17.2. The Bertz CT molecular complexity index is 1260. The zero-order chi connectivity index (χ0) is 23.9. The van der Waals surface area contributed by atoms with Crippen LogP contribution in [0.3, 0.4) is 0 Å². The van der Waals surface area contributed by atoms with E-state index in [9.17, 15) is 4.79 Å². The molecule has 0 radical (unpaired) electrons. The van der Waals surface area contributed by atoms with Crippen molar-refractivity contribution in [2.24, 2.45) is 0 Å². The summed E-state index contributed by atoms with van der Waals surface area (Å²) in [7, 11) is 1.63. The fourth-order valence-corrected chi connectivity index (χ4v) is 3.93. The number of imidazole rings is 1. The molecule has 1 heterocycles. The summed E-state index contributed by atoms with van der Waals surface area (Å²) in [5.74, 6) is 2.59. The molecule has 6 nitrogen and oxygen atoms in total. The van der Waals surface area contributed by atoms with E-state index in [4.69, 9.17) is 14.5 Å². The van der Waals surface area contributed by atoms with Crippen LogP contribution in [0.5, 0.6) is 11.5 Å². The first-order valence-corrected chi connectivity index (χ1v) is 11.6. The number of carbonyl (C=O) groups is 1. The lowest BCUT2D eigenvalue weighted by molar-refractivity contribution is -0.120. The maximum absolute atomic E-state index is 12.4. The van der Waals surface area contributed by atoms with Crippen molar-refractivity contribution in [3.8, 4) is 11.5 Å². The summed E-state index contributed by atoms with van der Waals surface area (Å²) in [6.45, 7) is 5.93. The summed E-state index contributed by atoms with van der Waals surface area (Å²) in [5.41, 5.74) is 5.45. The SMILES string of the molecule is COc1ccc(CC(=O)NCCc2nc3ccccc3n2CCOc2ccc(C)c(C)c2)cc1. The maximum atomic E-state index is 12.4. The van der Waals surface area contributed by atoms with Gasteiger partial charge in [-0.3, -0.25) is 4.79 Å². The molecule has 0 unspecified atom stereocenters. The van der Waals surface area contributed by atoms with Crippen molar-refractivity contribution in [1.82, 2.24) is 14.9 Å². The fraction of sp³-hybridized carbons (Fsp3) is 0.286. The second-order valence-corrected chi connectivity index (χ2v) is 8.39. The maximum Gasteiger partial charge on any atom is 0.224 e. The van der Waals surface area contributed by atoms with Crippen molar-refractivity contribution in [3.63, 3.8) is 0 Å². The van der Waals surface area contributed by atoms with Crippen LogP contribution in [0, 0.1) is 13.8 Å². The predicted octanol–water partition coefficient (Wildman–Crippen LogP) is 4.64. The van der Waals surface area contributed by atoms with Gasteiger partial charge in [0.2, 0.25) is 5.91 Å². The van der Waals surface area contributed by atoms with Gasteiger partial charge in [0.05, 0.1) is 31.1 Å². The van der Waals surface area contributed by atoms with Crippen LogP contribution >= 0.6 is 0 Å². The topological polar surface area (TPSA) is 65.4 Å². The quantitative estimate of drug-likeness (QED) is 0.377. The number of methoxy groups -OCH3 is 1. The number of carbonyl (C=O) groups excluding carboxylic acids is 1. The van der Waals surface area contributed by atoms with Gasteiger partial charge in [-0.25, -0.2) is 4.98 Å². The van der Waals surface area contributed by atoms with Gasteiger partial charge in [0.1, 0.15) is 23.9 Å². The van der Waals surface area contributed by atoms with Gasteiger partial charge in [-0.05, 0) is 66.9 Å². The van der Waals surface area contributed by atoms with E-state index in [0.717, 1.165) is 33.9 Å². The number of aryl methyl sites for hydroxylation is 2. The number of nitrogens with zero attached hydrogens (tertiary/aromatic N) is 2. The van der Waals surface area contributed by atoms with Crippen molar-refractivity contribution in [2.45, 2.75) is 33.2 Å². The highest BCUT2D eigenvalue weighted by Gasteiger charge is 2.11. The minimum absolute atomic E-state index is 0.00842. The van der Waals surface area contributed by atoms with Gasteiger partial charge >= 0.3 is 0 Å². The third-order valence-corrected chi connectivity index (χ3v) is 5.99. The molecule has 0 saturated carbocycles. The molecule has 34 heavy (non-hydrogen) atoms. The molecule has 0 atom stereocenters. The molecule has 1 amide bonds. The minimum Gasteiger partial charge on any atom is -0.497 e. The third-order valence-electron chi connectivity index (χ3n) is 5.99. The standard InChI is InChI=1S/C28H31N3O3/c1-20-8-11-24(18-21(20)2)34-17-16-31-26-7-5-4-6-25(26)30-27(31)14-15-29-28(32)19-22-9-12-23(33-3)13-10-22/h4-13,18H,14-17,19H2,1-3H3,(H,29,32). The van der Waals surface area contributed by atoms with Crippen molar-refractivity contribution >= 4 is 16.9 Å². The molecule has 176 valence electrons. The number of nitrogens with one attached hydrogen (secondary N) is 1. The lowest BCUT2D eigenvalue weighted by Gasteiger charge is -2.12. The average Bonchev–Trinajstić information content (AvgIpc) is 3.19. The number of rotatable bonds is 10. The first-order chi connectivity index (χ1) is 16.5. The summed E-state index contributed by atoms with van der Waals surface area (Å²) in [6.07, 6.45) is 0.983. The van der Waals surface area contributed by atoms with Crippen LogP contribution < -0.4 is 14.8 Å². The van der Waals surface area contributed by atoms with Crippen LogP contribution in [-0.4, -0.2) is 35.7 Å². The summed E-state index contributed by atoms with van der Waals surface area (Å²) >= 11 is 0. The fourth-order valence-electron chi connectivity index (χ4n) is 3.93. The smallest absolute Gasteiger partial charge is 0.224 e. The molecular formula is C28H31N3O3. The molecule has 1 aromatic heterocycles. The Morgan fingerprint density at radius 2 is 1.74 bits per heavy atom. The number of benzene rings is 3. The zero-order valence-corrected chi connectivity index (χ0v) is 20.0. The van der Waals surface area contributed by atoms with Crippen molar-refractivity contribution in [3.05, 3.63) is 89.2 Å². The van der Waals surface area contributed by atoms with E-state index in [1.54, 1.807) is 7.11 Å². The lowest BCUT2D eigenvalue weighted by atomic mass is 10.1. The highest BCUT2D eigenvalue weighted by Crippen LogP contribution is 2.19. The molecular weight excluding hydrogens is 426 g/mol. The van der Waals surface area contributed by atoms with E-state index in [1.165, 1.54) is 11.1 Å². The molecule has 0 aliphatic heterocycles. The Morgan fingerprint density at radius 1 is 0.971 bits per heavy atom. The van der Waals surface area contributed by atoms with E-state index < -0.39 is 0 Å². The third kappa shape index (κ3) is 5.76. The van der Waals surface area contributed by atoms with Crippen LogP contribution in [0.15, 0.2) is 66.7 Å². The van der Waals surface area contributed by atoms with E-state index >= 15 is 0 Å². The first-order valence-electron chi connectivity index (χ1n) is 11.6. The molecule has 3 aromatic carbocycles. The first kappa shape index (κ1) is 23.4. The van der Waals surface area contributed by atoms with Crippen molar-refractivity contribution in [1.29, 1.82) is 0 Å². The average molecular weight is 458 g/mol. The molecule has 6 heteroatoms. The number of para-hydroxylation sites is 2. The molecule has 4 rings (SSSR count). The van der Waals surface area contributed by atoms with Crippen LogP contribution in [0.1, 0.15) is 22.5 Å². The van der Waals surface area contributed by atoms with Gasteiger partial charge in [0.25, 0.3) is 0 Å². The molecule has 4 aromatic rings. The van der Waals surface area contributed by atoms with E-state index in [0.29, 0.717) is 32.5 Å². The number of fused-ring (bicyclic) bond motifs is 1. The van der Waals surface area contributed by atoms with Crippen LogP contribution in [0.2, 0.25) is 0 Å². The van der Waals surface area contributed by atoms with E-state index in [2.05, 4.69) is 41.9 Å². The Morgan fingerprint density at radius 3 is 2.50 bits per heavy atom. The lowest BCUT2D eigenvalue weighted by Crippen LogP contribution is -2.28. The molecule has 0 saturated heterocycles. The van der Waals surface area contributed by atoms with Gasteiger partial charge in [0.15, 0.2) is 0 Å². The molecule has 0 aliphatic rings. The second-order valence-electron chi connectivity index (χ2n) is 8.39. The van der Waals surface area contributed by atoms with Crippen molar-refractivity contribution in [2.75, 3.05) is 20.3 Å². The summed E-state index contributed by atoms with van der Waals surface area (Å²) < 4.78 is 13.4. The van der Waals surface area contributed by atoms with Gasteiger partial charge in [-0.1, -0.05) is 30.3 Å². The largest absolute Gasteiger partial charge is 0.497 e. The van der Waals surface area contributed by atoms with Crippen molar-refractivity contribution < 1.29 is 14.3 Å². The zero-order valence-electron chi connectivity index (χ0n) is 20.0. The van der Waals surface area contributed by atoms with Gasteiger partial charge in [-0.15, -0.1) is 0 Å².